The summed E-state index contributed by atoms with van der Waals surface area (Å²) in [5.74, 6) is 1.54. The lowest BCUT2D eigenvalue weighted by molar-refractivity contribution is 0.0664. The molecule has 1 aromatic carbocycles. The molecule has 0 saturated carbocycles. The van der Waals surface area contributed by atoms with Crippen LogP contribution in [0.25, 0.3) is 11.0 Å². The molecule has 2 rings (SSSR count). The minimum absolute atomic E-state index is 0.000480. The summed E-state index contributed by atoms with van der Waals surface area (Å²) in [6.07, 6.45) is 6.83. The van der Waals surface area contributed by atoms with E-state index in [1.807, 2.05) is 12.1 Å². The maximum atomic E-state index is 11.0. The van der Waals surface area contributed by atoms with E-state index in [4.69, 9.17) is 15.9 Å². The quantitative estimate of drug-likeness (QED) is 0.637. The van der Waals surface area contributed by atoms with Gasteiger partial charge >= 0.3 is 5.97 Å². The molecule has 2 aromatic rings. The molecule has 4 nitrogen and oxygen atoms in total. The number of carboxylic acids is 1. The Kier molecular flexibility index (Phi) is 3.76. The average Bonchev–Trinajstić information content (AvgIpc) is 2.72. The summed E-state index contributed by atoms with van der Waals surface area (Å²) in [7, 11) is 0. The van der Waals surface area contributed by atoms with E-state index in [0.717, 1.165) is 30.5 Å². The minimum Gasteiger partial charge on any atom is -0.475 e. The van der Waals surface area contributed by atoms with Gasteiger partial charge in [-0.1, -0.05) is 0 Å². The summed E-state index contributed by atoms with van der Waals surface area (Å²) in [4.78, 5) is 11.0. The van der Waals surface area contributed by atoms with Crippen molar-refractivity contribution in [2.45, 2.75) is 19.8 Å². The third-order valence-electron chi connectivity index (χ3n) is 2.96. The van der Waals surface area contributed by atoms with Crippen LogP contribution in [0.1, 0.15) is 29.0 Å². The maximum Gasteiger partial charge on any atom is 0.372 e. The zero-order valence-corrected chi connectivity index (χ0v) is 10.7. The van der Waals surface area contributed by atoms with Crippen molar-refractivity contribution < 1.29 is 14.3 Å². The topological polar surface area (TPSA) is 62.5 Å². The standard InChI is InChI=1S/C15H15NO3/c1-3-4-5-8-16-11-6-7-13-12(9-11)10(2)14(19-13)15(17)18/h1,6-7,9,16H,4-5,8H2,2H3,(H,17,18). The van der Waals surface area contributed by atoms with E-state index in [2.05, 4.69) is 11.2 Å². The predicted octanol–water partition coefficient (Wildman–Crippen LogP) is 3.26. The zero-order valence-electron chi connectivity index (χ0n) is 10.7. The number of nitrogens with one attached hydrogen (secondary N) is 1. The number of aryl methyl sites for hydroxylation is 1. The first-order chi connectivity index (χ1) is 9.13. The number of carbonyl (C=O) groups is 1. The molecule has 19 heavy (non-hydrogen) atoms. The Morgan fingerprint density at radius 3 is 3.00 bits per heavy atom. The van der Waals surface area contributed by atoms with Gasteiger partial charge in [0.25, 0.3) is 0 Å². The fraction of sp³-hybridized carbons (Fsp3) is 0.267. The fourth-order valence-electron chi connectivity index (χ4n) is 1.96. The van der Waals surface area contributed by atoms with Crippen molar-refractivity contribution in [2.24, 2.45) is 0 Å². The second-order valence-electron chi connectivity index (χ2n) is 4.31. The van der Waals surface area contributed by atoms with Crippen molar-refractivity contribution in [1.82, 2.24) is 0 Å². The number of rotatable bonds is 5. The molecule has 2 N–H and O–H groups in total. The normalized spacial score (nSPS) is 10.3. The number of hydrogen-bond acceptors (Lipinski definition) is 3. The molecule has 4 heteroatoms. The number of anilines is 1. The SMILES string of the molecule is C#CCCCNc1ccc2oc(C(=O)O)c(C)c2c1. The van der Waals surface area contributed by atoms with Crippen LogP contribution in [0.4, 0.5) is 5.69 Å². The van der Waals surface area contributed by atoms with Crippen molar-refractivity contribution in [3.63, 3.8) is 0 Å². The lowest BCUT2D eigenvalue weighted by Gasteiger charge is -2.04. The van der Waals surface area contributed by atoms with Gasteiger partial charge in [-0.3, -0.25) is 0 Å². The van der Waals surface area contributed by atoms with Crippen LogP contribution >= 0.6 is 0 Å². The highest BCUT2D eigenvalue weighted by molar-refractivity contribution is 5.95. The van der Waals surface area contributed by atoms with Crippen molar-refractivity contribution in [2.75, 3.05) is 11.9 Å². The zero-order chi connectivity index (χ0) is 13.8. The maximum absolute atomic E-state index is 11.0. The molecule has 0 spiro atoms. The van der Waals surface area contributed by atoms with Gasteiger partial charge in [0.2, 0.25) is 5.76 Å². The monoisotopic (exact) mass is 257 g/mol. The molecule has 0 aliphatic carbocycles. The van der Waals surface area contributed by atoms with E-state index in [-0.39, 0.29) is 5.76 Å². The lowest BCUT2D eigenvalue weighted by atomic mass is 10.1. The van der Waals surface area contributed by atoms with Gasteiger partial charge in [-0.05, 0) is 31.5 Å². The van der Waals surface area contributed by atoms with E-state index in [0.29, 0.717) is 11.1 Å². The van der Waals surface area contributed by atoms with Crippen LogP contribution < -0.4 is 5.32 Å². The molecule has 0 amide bonds. The second-order valence-corrected chi connectivity index (χ2v) is 4.31. The van der Waals surface area contributed by atoms with Gasteiger partial charge in [-0.25, -0.2) is 4.79 Å². The second kappa shape index (κ2) is 5.49. The third kappa shape index (κ3) is 2.71. The molecule has 0 atom stereocenters. The molecule has 0 aliphatic heterocycles. The van der Waals surface area contributed by atoms with Crippen molar-refractivity contribution in [1.29, 1.82) is 0 Å². The first-order valence-electron chi connectivity index (χ1n) is 6.07. The molecule has 98 valence electrons. The average molecular weight is 257 g/mol. The van der Waals surface area contributed by atoms with Crippen LogP contribution in [0.2, 0.25) is 0 Å². The van der Waals surface area contributed by atoms with E-state index >= 15 is 0 Å². The summed E-state index contributed by atoms with van der Waals surface area (Å²) in [6, 6.07) is 5.54. The predicted molar refractivity (Wildman–Crippen MR) is 74.5 cm³/mol. The Morgan fingerprint density at radius 1 is 1.53 bits per heavy atom. The van der Waals surface area contributed by atoms with Gasteiger partial charge in [0.1, 0.15) is 5.58 Å². The van der Waals surface area contributed by atoms with Crippen LogP contribution in [0, 0.1) is 19.3 Å². The van der Waals surface area contributed by atoms with E-state index in [9.17, 15) is 4.79 Å². The number of hydrogen-bond donors (Lipinski definition) is 2. The van der Waals surface area contributed by atoms with Gasteiger partial charge in [0.15, 0.2) is 0 Å². The highest BCUT2D eigenvalue weighted by atomic mass is 16.4. The third-order valence-corrected chi connectivity index (χ3v) is 2.96. The number of furan rings is 1. The Labute approximate surface area is 111 Å². The summed E-state index contributed by atoms with van der Waals surface area (Å²) >= 11 is 0. The molecule has 0 unspecified atom stereocenters. The number of benzene rings is 1. The summed E-state index contributed by atoms with van der Waals surface area (Å²) in [5.41, 5.74) is 2.17. The first-order valence-corrected chi connectivity index (χ1v) is 6.07. The molecule has 1 aromatic heterocycles. The first kappa shape index (κ1) is 13.0. The van der Waals surface area contributed by atoms with Gasteiger partial charge in [0.05, 0.1) is 0 Å². The highest BCUT2D eigenvalue weighted by Crippen LogP contribution is 2.27. The van der Waals surface area contributed by atoms with Crippen LogP contribution in [0.15, 0.2) is 22.6 Å². The number of unbranched alkanes of at least 4 members (excludes halogenated alkanes) is 1. The van der Waals surface area contributed by atoms with Crippen LogP contribution in [-0.2, 0) is 0 Å². The smallest absolute Gasteiger partial charge is 0.372 e. The Bertz CT molecular complexity index is 649. The largest absolute Gasteiger partial charge is 0.475 e. The molecular weight excluding hydrogens is 242 g/mol. The molecular formula is C15H15NO3. The molecule has 0 saturated heterocycles. The number of terminal acetylenes is 1. The van der Waals surface area contributed by atoms with Crippen molar-refractivity contribution in [3.05, 3.63) is 29.5 Å². The van der Waals surface area contributed by atoms with Gasteiger partial charge in [-0.15, -0.1) is 12.3 Å². The summed E-state index contributed by atoms with van der Waals surface area (Å²) in [6.45, 7) is 2.54. The Hall–Kier alpha value is -2.41. The van der Waals surface area contributed by atoms with Crippen LogP contribution in [0.5, 0.6) is 0 Å². The van der Waals surface area contributed by atoms with Crippen LogP contribution in [0.3, 0.4) is 0 Å². The molecule has 1 heterocycles. The molecule has 0 aliphatic rings. The van der Waals surface area contributed by atoms with Gasteiger partial charge < -0.3 is 14.8 Å². The Morgan fingerprint density at radius 2 is 2.32 bits per heavy atom. The van der Waals surface area contributed by atoms with Gasteiger partial charge in [-0.2, -0.15) is 0 Å². The molecule has 0 radical (unpaired) electrons. The summed E-state index contributed by atoms with van der Waals surface area (Å²) in [5, 5.41) is 13.1. The lowest BCUT2D eigenvalue weighted by Crippen LogP contribution is -2.00. The van der Waals surface area contributed by atoms with Crippen molar-refractivity contribution >= 4 is 22.6 Å². The van der Waals surface area contributed by atoms with E-state index < -0.39 is 5.97 Å². The van der Waals surface area contributed by atoms with Gasteiger partial charge in [0, 0.05) is 29.6 Å². The van der Waals surface area contributed by atoms with E-state index in [1.54, 1.807) is 13.0 Å². The Balaban J connectivity index is 2.23. The van der Waals surface area contributed by atoms with E-state index in [1.165, 1.54) is 0 Å². The fourth-order valence-corrected chi connectivity index (χ4v) is 1.96. The summed E-state index contributed by atoms with van der Waals surface area (Å²) < 4.78 is 5.30. The minimum atomic E-state index is -1.04. The number of aromatic carboxylic acids is 1. The molecule has 0 bridgehead atoms. The highest BCUT2D eigenvalue weighted by Gasteiger charge is 2.16. The van der Waals surface area contributed by atoms with Crippen molar-refractivity contribution in [3.8, 4) is 12.3 Å². The molecule has 0 fully saturated rings. The number of fused-ring (bicyclic) bond motifs is 1. The van der Waals surface area contributed by atoms with Crippen LogP contribution in [-0.4, -0.2) is 17.6 Å². The number of carboxylic acid groups (broad SMARTS) is 1.